The second-order valence-electron chi connectivity index (χ2n) is 4.79. The second kappa shape index (κ2) is 6.99. The molecule has 0 aliphatic rings. The van der Waals surface area contributed by atoms with E-state index in [9.17, 15) is 0 Å². The highest BCUT2D eigenvalue weighted by atomic mass is 79.9. The first-order chi connectivity index (χ1) is 12.3. The minimum absolute atomic E-state index is 0.455. The van der Waals surface area contributed by atoms with Gasteiger partial charge in [-0.1, -0.05) is 6.07 Å². The number of halogens is 1. The Labute approximate surface area is 155 Å². The van der Waals surface area contributed by atoms with Crippen molar-refractivity contribution in [2.45, 2.75) is 0 Å². The molecule has 4 heterocycles. The van der Waals surface area contributed by atoms with Crippen LogP contribution < -0.4 is 4.90 Å². The van der Waals surface area contributed by atoms with Gasteiger partial charge in [0.05, 0.1) is 5.69 Å². The molecule has 4 aromatic heterocycles. The van der Waals surface area contributed by atoms with Crippen LogP contribution >= 0.6 is 27.3 Å². The molecule has 0 bridgehead atoms. The average molecular weight is 412 g/mol. The molecule has 0 N–H and O–H groups in total. The summed E-state index contributed by atoms with van der Waals surface area (Å²) in [6.07, 6.45) is 6.68. The molecule has 25 heavy (non-hydrogen) atoms. The molecule has 9 heteroatoms. The maximum atomic E-state index is 4.68. The van der Waals surface area contributed by atoms with E-state index in [4.69, 9.17) is 0 Å². The van der Waals surface area contributed by atoms with Crippen molar-refractivity contribution in [1.82, 2.24) is 29.9 Å². The number of hydrogen-bond acceptors (Lipinski definition) is 8. The third-order valence-electron chi connectivity index (χ3n) is 3.17. The summed E-state index contributed by atoms with van der Waals surface area (Å²) in [7, 11) is 0. The van der Waals surface area contributed by atoms with Gasteiger partial charge in [-0.2, -0.15) is 0 Å². The standard InChI is InChI=1S/C16H10BrN7S/c17-13-5-1-4-11(22-13)12-10-25-16(23-12)24(14-18-6-2-7-19-14)15-20-8-3-9-21-15/h1-10H. The predicted molar refractivity (Wildman–Crippen MR) is 98.9 cm³/mol. The van der Waals surface area contributed by atoms with Gasteiger partial charge < -0.3 is 0 Å². The Morgan fingerprint density at radius 2 is 1.40 bits per heavy atom. The molecular formula is C16H10BrN7S. The average Bonchev–Trinajstić information content (AvgIpc) is 3.13. The molecule has 0 saturated carbocycles. The molecule has 0 unspecified atom stereocenters. The zero-order chi connectivity index (χ0) is 17.1. The highest BCUT2D eigenvalue weighted by Gasteiger charge is 2.21. The Morgan fingerprint density at radius 1 is 0.760 bits per heavy atom. The molecule has 7 nitrogen and oxygen atoms in total. The molecule has 0 spiro atoms. The van der Waals surface area contributed by atoms with Crippen LogP contribution in [-0.2, 0) is 0 Å². The molecule has 0 fully saturated rings. The van der Waals surface area contributed by atoms with E-state index >= 15 is 0 Å². The SMILES string of the molecule is Brc1cccc(-c2csc(N(c3ncccn3)c3ncccn3)n2)n1. The summed E-state index contributed by atoms with van der Waals surface area (Å²) in [5.41, 5.74) is 1.54. The fourth-order valence-electron chi connectivity index (χ4n) is 2.11. The molecule has 0 saturated heterocycles. The van der Waals surface area contributed by atoms with Crippen LogP contribution in [0.15, 0.2) is 65.1 Å². The number of aromatic nitrogens is 6. The third kappa shape index (κ3) is 3.37. The first-order valence-corrected chi connectivity index (χ1v) is 8.91. The lowest BCUT2D eigenvalue weighted by Crippen LogP contribution is -2.15. The fourth-order valence-corrected chi connectivity index (χ4v) is 3.26. The van der Waals surface area contributed by atoms with Crippen molar-refractivity contribution in [2.24, 2.45) is 0 Å². The van der Waals surface area contributed by atoms with Crippen LogP contribution in [0.25, 0.3) is 11.4 Å². The fraction of sp³-hybridized carbons (Fsp3) is 0. The number of anilines is 3. The topological polar surface area (TPSA) is 80.6 Å². The Morgan fingerprint density at radius 3 is 2.00 bits per heavy atom. The smallest absolute Gasteiger partial charge is 0.238 e. The highest BCUT2D eigenvalue weighted by Crippen LogP contribution is 2.34. The van der Waals surface area contributed by atoms with Gasteiger partial charge in [-0.05, 0) is 40.2 Å². The summed E-state index contributed by atoms with van der Waals surface area (Å²) in [6, 6.07) is 9.22. The zero-order valence-corrected chi connectivity index (χ0v) is 15.1. The van der Waals surface area contributed by atoms with Gasteiger partial charge in [0.1, 0.15) is 10.3 Å². The monoisotopic (exact) mass is 411 g/mol. The van der Waals surface area contributed by atoms with Crippen LogP contribution in [0.2, 0.25) is 0 Å². The van der Waals surface area contributed by atoms with Crippen molar-refractivity contribution in [3.63, 3.8) is 0 Å². The summed E-state index contributed by atoms with van der Waals surface area (Å²) in [5, 5.41) is 2.59. The van der Waals surface area contributed by atoms with Gasteiger partial charge in [0.2, 0.25) is 11.9 Å². The van der Waals surface area contributed by atoms with Crippen molar-refractivity contribution in [1.29, 1.82) is 0 Å². The van der Waals surface area contributed by atoms with E-state index in [-0.39, 0.29) is 0 Å². The molecule has 122 valence electrons. The molecule has 0 atom stereocenters. The van der Waals surface area contributed by atoms with Gasteiger partial charge in [-0.3, -0.25) is 0 Å². The zero-order valence-electron chi connectivity index (χ0n) is 12.7. The first kappa shape index (κ1) is 15.7. The van der Waals surface area contributed by atoms with Crippen LogP contribution in [-0.4, -0.2) is 29.9 Å². The molecule has 4 rings (SSSR count). The Balaban J connectivity index is 1.79. The van der Waals surface area contributed by atoms with Gasteiger partial charge in [0.15, 0.2) is 5.13 Å². The molecule has 4 aromatic rings. The largest absolute Gasteiger partial charge is 0.239 e. The lowest BCUT2D eigenvalue weighted by molar-refractivity contribution is 1.00. The van der Waals surface area contributed by atoms with Crippen LogP contribution in [0.1, 0.15) is 0 Å². The van der Waals surface area contributed by atoms with Crippen molar-refractivity contribution >= 4 is 44.3 Å². The molecule has 0 aliphatic heterocycles. The Bertz CT molecular complexity index is 938. The number of thiazole rings is 1. The molecule has 0 radical (unpaired) electrons. The van der Waals surface area contributed by atoms with E-state index < -0.39 is 0 Å². The van der Waals surface area contributed by atoms with E-state index in [1.165, 1.54) is 11.3 Å². The van der Waals surface area contributed by atoms with Crippen molar-refractivity contribution in [2.75, 3.05) is 4.90 Å². The number of hydrogen-bond donors (Lipinski definition) is 0. The van der Waals surface area contributed by atoms with Crippen LogP contribution in [0, 0.1) is 0 Å². The Hall–Kier alpha value is -2.78. The normalized spacial score (nSPS) is 10.6. The van der Waals surface area contributed by atoms with Gasteiger partial charge in [0.25, 0.3) is 0 Å². The van der Waals surface area contributed by atoms with Crippen LogP contribution in [0.3, 0.4) is 0 Å². The summed E-state index contributed by atoms with van der Waals surface area (Å²) < 4.78 is 0.759. The summed E-state index contributed by atoms with van der Waals surface area (Å²) >= 11 is 4.83. The lowest BCUT2D eigenvalue weighted by Gasteiger charge is -2.16. The quantitative estimate of drug-likeness (QED) is 0.469. The van der Waals surface area contributed by atoms with E-state index in [1.54, 1.807) is 41.8 Å². The minimum atomic E-state index is 0.455. The summed E-state index contributed by atoms with van der Waals surface area (Å²) in [4.78, 5) is 28.1. The minimum Gasteiger partial charge on any atom is -0.239 e. The number of rotatable bonds is 4. The van der Waals surface area contributed by atoms with Crippen LogP contribution in [0.5, 0.6) is 0 Å². The molecule has 0 aliphatic carbocycles. The van der Waals surface area contributed by atoms with Crippen molar-refractivity contribution in [3.05, 3.63) is 65.1 Å². The van der Waals surface area contributed by atoms with Gasteiger partial charge >= 0.3 is 0 Å². The van der Waals surface area contributed by atoms with Crippen LogP contribution in [0.4, 0.5) is 17.0 Å². The summed E-state index contributed by atoms with van der Waals surface area (Å²) in [6.45, 7) is 0. The third-order valence-corrected chi connectivity index (χ3v) is 4.43. The number of nitrogens with zero attached hydrogens (tertiary/aromatic N) is 7. The molecular weight excluding hydrogens is 402 g/mol. The van der Waals surface area contributed by atoms with Crippen molar-refractivity contribution < 1.29 is 0 Å². The van der Waals surface area contributed by atoms with Gasteiger partial charge in [-0.25, -0.2) is 34.8 Å². The van der Waals surface area contributed by atoms with Gasteiger partial charge in [-0.15, -0.1) is 11.3 Å². The predicted octanol–water partition coefficient (Wildman–Crippen LogP) is 4.02. The number of pyridine rings is 1. The molecule has 0 aromatic carbocycles. The maximum absolute atomic E-state index is 4.68. The Kier molecular flexibility index (Phi) is 4.40. The van der Waals surface area contributed by atoms with E-state index in [0.29, 0.717) is 17.0 Å². The van der Waals surface area contributed by atoms with E-state index in [0.717, 1.165) is 16.0 Å². The van der Waals surface area contributed by atoms with E-state index in [1.807, 2.05) is 23.6 Å². The summed E-state index contributed by atoms with van der Waals surface area (Å²) in [5.74, 6) is 0.911. The van der Waals surface area contributed by atoms with Crippen molar-refractivity contribution in [3.8, 4) is 11.4 Å². The molecule has 0 amide bonds. The second-order valence-corrected chi connectivity index (χ2v) is 6.44. The van der Waals surface area contributed by atoms with E-state index in [2.05, 4.69) is 45.8 Å². The van der Waals surface area contributed by atoms with Gasteiger partial charge in [0, 0.05) is 30.2 Å². The lowest BCUT2D eigenvalue weighted by atomic mass is 10.3. The maximum Gasteiger partial charge on any atom is 0.238 e. The highest BCUT2D eigenvalue weighted by molar-refractivity contribution is 9.10. The first-order valence-electron chi connectivity index (χ1n) is 7.24.